The summed E-state index contributed by atoms with van der Waals surface area (Å²) in [5.74, 6) is 0. The molecule has 2 atom stereocenters. The van der Waals surface area contributed by atoms with E-state index in [-0.39, 0.29) is 12.1 Å². The van der Waals surface area contributed by atoms with E-state index in [1.807, 2.05) is 38.1 Å². The molecule has 0 spiro atoms. The van der Waals surface area contributed by atoms with Gasteiger partial charge in [0.1, 0.15) is 0 Å². The molecule has 0 aliphatic carbocycles. The SMILES string of the molecule is Cc1cccc(CN(C)C(c2ccc(Cl)s2)C(C)N)n1. The maximum Gasteiger partial charge on any atom is 0.0931 e. The van der Waals surface area contributed by atoms with E-state index in [1.165, 1.54) is 4.88 Å². The van der Waals surface area contributed by atoms with Gasteiger partial charge in [0.25, 0.3) is 0 Å². The predicted octanol–water partition coefficient (Wildman–Crippen LogP) is 3.63. The Morgan fingerprint density at radius 3 is 2.65 bits per heavy atom. The number of nitrogens with two attached hydrogens (primary N) is 1. The van der Waals surface area contributed by atoms with E-state index in [4.69, 9.17) is 17.3 Å². The highest BCUT2D eigenvalue weighted by Gasteiger charge is 2.23. The summed E-state index contributed by atoms with van der Waals surface area (Å²) in [6.07, 6.45) is 0. The Balaban J connectivity index is 2.17. The van der Waals surface area contributed by atoms with Gasteiger partial charge in [-0.05, 0) is 45.2 Å². The Morgan fingerprint density at radius 1 is 1.35 bits per heavy atom. The molecule has 2 N–H and O–H groups in total. The molecule has 2 heterocycles. The largest absolute Gasteiger partial charge is 0.326 e. The fourth-order valence-electron chi connectivity index (χ4n) is 2.41. The van der Waals surface area contributed by atoms with Crippen molar-refractivity contribution in [1.82, 2.24) is 9.88 Å². The van der Waals surface area contributed by atoms with E-state index in [2.05, 4.69) is 23.0 Å². The first-order valence-corrected chi connectivity index (χ1v) is 7.80. The van der Waals surface area contributed by atoms with Crippen LogP contribution in [0.5, 0.6) is 0 Å². The molecule has 0 aromatic carbocycles. The van der Waals surface area contributed by atoms with Crippen LogP contribution in [0.15, 0.2) is 30.3 Å². The van der Waals surface area contributed by atoms with Crippen LogP contribution in [-0.4, -0.2) is 23.0 Å². The average molecular weight is 310 g/mol. The number of nitrogens with zero attached hydrogens (tertiary/aromatic N) is 2. The van der Waals surface area contributed by atoms with Crippen LogP contribution in [-0.2, 0) is 6.54 Å². The van der Waals surface area contributed by atoms with Gasteiger partial charge in [-0.3, -0.25) is 9.88 Å². The zero-order chi connectivity index (χ0) is 14.7. The maximum atomic E-state index is 6.16. The summed E-state index contributed by atoms with van der Waals surface area (Å²) in [4.78, 5) is 7.97. The Morgan fingerprint density at radius 2 is 2.10 bits per heavy atom. The summed E-state index contributed by atoms with van der Waals surface area (Å²) in [5, 5.41) is 0. The zero-order valence-electron chi connectivity index (χ0n) is 12.0. The molecule has 0 radical (unpaired) electrons. The quantitative estimate of drug-likeness (QED) is 0.917. The molecule has 0 bridgehead atoms. The Kier molecular flexibility index (Phi) is 5.16. The van der Waals surface area contributed by atoms with Gasteiger partial charge in [0.15, 0.2) is 0 Å². The molecule has 2 unspecified atom stereocenters. The van der Waals surface area contributed by atoms with Gasteiger partial charge < -0.3 is 5.73 Å². The highest BCUT2D eigenvalue weighted by molar-refractivity contribution is 7.16. The number of pyridine rings is 1. The van der Waals surface area contributed by atoms with Crippen LogP contribution in [0, 0.1) is 6.92 Å². The molecule has 0 fully saturated rings. The number of halogens is 1. The molecule has 0 amide bonds. The molecule has 0 saturated heterocycles. The third-order valence-corrected chi connectivity index (χ3v) is 4.52. The van der Waals surface area contributed by atoms with Crippen LogP contribution in [0.25, 0.3) is 0 Å². The lowest BCUT2D eigenvalue weighted by atomic mass is 10.1. The van der Waals surface area contributed by atoms with Crippen LogP contribution in [0.3, 0.4) is 0 Å². The number of aryl methyl sites for hydroxylation is 1. The molecule has 0 aliphatic heterocycles. The van der Waals surface area contributed by atoms with Crippen molar-refractivity contribution >= 4 is 22.9 Å². The highest BCUT2D eigenvalue weighted by Crippen LogP contribution is 2.32. The number of likely N-dealkylation sites (N-methyl/N-ethyl adjacent to an activating group) is 1. The van der Waals surface area contributed by atoms with E-state index in [0.29, 0.717) is 0 Å². The molecule has 108 valence electrons. The average Bonchev–Trinajstić information content (AvgIpc) is 2.75. The zero-order valence-corrected chi connectivity index (χ0v) is 13.6. The van der Waals surface area contributed by atoms with Crippen molar-refractivity contribution in [3.05, 3.63) is 50.9 Å². The summed E-state index contributed by atoms with van der Waals surface area (Å²) in [6, 6.07) is 10.2. The minimum Gasteiger partial charge on any atom is -0.326 e. The Hall–Kier alpha value is -0.940. The second kappa shape index (κ2) is 6.68. The molecule has 5 heteroatoms. The van der Waals surface area contributed by atoms with Gasteiger partial charge in [-0.25, -0.2) is 0 Å². The van der Waals surface area contributed by atoms with Crippen molar-refractivity contribution in [2.45, 2.75) is 32.5 Å². The number of hydrogen-bond donors (Lipinski definition) is 1. The van der Waals surface area contributed by atoms with Gasteiger partial charge >= 0.3 is 0 Å². The van der Waals surface area contributed by atoms with E-state index in [0.717, 1.165) is 22.3 Å². The molecule has 2 aromatic rings. The molecule has 3 nitrogen and oxygen atoms in total. The second-order valence-electron chi connectivity index (χ2n) is 5.13. The first-order chi connectivity index (χ1) is 9.47. The lowest BCUT2D eigenvalue weighted by Gasteiger charge is -2.30. The molecular formula is C15H20ClN3S. The standard InChI is InChI=1S/C15H20ClN3S/c1-10-5-4-6-12(18-10)9-19(3)15(11(2)17)13-7-8-14(16)20-13/h4-8,11,15H,9,17H2,1-3H3. The first-order valence-electron chi connectivity index (χ1n) is 6.61. The van der Waals surface area contributed by atoms with Crippen LogP contribution >= 0.6 is 22.9 Å². The highest BCUT2D eigenvalue weighted by atomic mass is 35.5. The van der Waals surface area contributed by atoms with E-state index in [9.17, 15) is 0 Å². The minimum atomic E-state index is 0.0273. The van der Waals surface area contributed by atoms with E-state index < -0.39 is 0 Å². The van der Waals surface area contributed by atoms with Crippen LogP contribution in [0.2, 0.25) is 4.34 Å². The number of thiophene rings is 1. The molecule has 0 aliphatic rings. The molecule has 0 saturated carbocycles. The Bertz CT molecular complexity index is 568. The normalized spacial score (nSPS) is 14.5. The van der Waals surface area contributed by atoms with Gasteiger partial charge in [-0.2, -0.15) is 0 Å². The lowest BCUT2D eigenvalue weighted by molar-refractivity contribution is 0.212. The second-order valence-corrected chi connectivity index (χ2v) is 6.88. The first kappa shape index (κ1) is 15.4. The van der Waals surface area contributed by atoms with Gasteiger partial charge in [0, 0.05) is 23.2 Å². The van der Waals surface area contributed by atoms with Crippen LogP contribution < -0.4 is 5.73 Å². The van der Waals surface area contributed by atoms with Gasteiger partial charge in [-0.1, -0.05) is 17.7 Å². The third-order valence-electron chi connectivity index (χ3n) is 3.22. The topological polar surface area (TPSA) is 42.1 Å². The van der Waals surface area contributed by atoms with Crippen LogP contribution in [0.1, 0.15) is 29.2 Å². The fourth-order valence-corrected chi connectivity index (χ4v) is 3.75. The van der Waals surface area contributed by atoms with Crippen molar-refractivity contribution < 1.29 is 0 Å². The summed E-state index contributed by atoms with van der Waals surface area (Å²) < 4.78 is 0.799. The van der Waals surface area contributed by atoms with Crippen molar-refractivity contribution in [2.75, 3.05) is 7.05 Å². The van der Waals surface area contributed by atoms with E-state index in [1.54, 1.807) is 11.3 Å². The summed E-state index contributed by atoms with van der Waals surface area (Å²) in [5.41, 5.74) is 8.25. The smallest absolute Gasteiger partial charge is 0.0931 e. The summed E-state index contributed by atoms with van der Waals surface area (Å²) in [6.45, 7) is 4.80. The van der Waals surface area contributed by atoms with Crippen molar-refractivity contribution in [3.63, 3.8) is 0 Å². The Labute approximate surface area is 129 Å². The molecule has 2 aromatic heterocycles. The molecular weight excluding hydrogens is 290 g/mol. The monoisotopic (exact) mass is 309 g/mol. The lowest BCUT2D eigenvalue weighted by Crippen LogP contribution is -2.36. The third kappa shape index (κ3) is 3.79. The summed E-state index contributed by atoms with van der Waals surface area (Å²) >= 11 is 7.63. The maximum absolute atomic E-state index is 6.16. The minimum absolute atomic E-state index is 0.0273. The molecule has 20 heavy (non-hydrogen) atoms. The van der Waals surface area contributed by atoms with Gasteiger partial charge in [-0.15, -0.1) is 11.3 Å². The van der Waals surface area contributed by atoms with Crippen molar-refractivity contribution in [3.8, 4) is 0 Å². The molecule has 2 rings (SSSR count). The van der Waals surface area contributed by atoms with Crippen molar-refractivity contribution in [2.24, 2.45) is 5.73 Å². The van der Waals surface area contributed by atoms with Gasteiger partial charge in [0.2, 0.25) is 0 Å². The number of aromatic nitrogens is 1. The summed E-state index contributed by atoms with van der Waals surface area (Å²) in [7, 11) is 2.08. The van der Waals surface area contributed by atoms with Gasteiger partial charge in [0.05, 0.1) is 16.1 Å². The van der Waals surface area contributed by atoms with Crippen LogP contribution in [0.4, 0.5) is 0 Å². The van der Waals surface area contributed by atoms with E-state index >= 15 is 0 Å². The predicted molar refractivity (Wildman–Crippen MR) is 86.2 cm³/mol. The fraction of sp³-hybridized carbons (Fsp3) is 0.400. The number of rotatable bonds is 5. The van der Waals surface area contributed by atoms with Crippen molar-refractivity contribution in [1.29, 1.82) is 0 Å². The number of hydrogen-bond acceptors (Lipinski definition) is 4.